The van der Waals surface area contributed by atoms with Gasteiger partial charge >= 0.3 is 0 Å². The summed E-state index contributed by atoms with van der Waals surface area (Å²) in [6.07, 6.45) is 2.50. The molecule has 0 atom stereocenters. The van der Waals surface area contributed by atoms with Crippen molar-refractivity contribution in [1.82, 2.24) is 14.8 Å². The van der Waals surface area contributed by atoms with Crippen LogP contribution in [0.15, 0.2) is 36.7 Å². The maximum Gasteiger partial charge on any atom is 0.138 e. The van der Waals surface area contributed by atoms with Crippen LogP contribution in [-0.2, 0) is 13.0 Å². The second-order valence-corrected chi connectivity index (χ2v) is 3.53. The van der Waals surface area contributed by atoms with Crippen LogP contribution >= 0.6 is 0 Å². The maximum atomic E-state index is 4.23. The number of aryl methyl sites for hydroxylation is 1. The Morgan fingerprint density at radius 2 is 2.06 bits per heavy atom. The first-order valence-corrected chi connectivity index (χ1v) is 5.55. The van der Waals surface area contributed by atoms with Crippen molar-refractivity contribution in [1.29, 1.82) is 0 Å². The Balaban J connectivity index is 1.85. The minimum Gasteiger partial charge on any atom is -0.385 e. The van der Waals surface area contributed by atoms with E-state index in [-0.39, 0.29) is 0 Å². The third-order valence-electron chi connectivity index (χ3n) is 2.45. The number of para-hydroxylation sites is 1. The fraction of sp³-hybridized carbons (Fsp3) is 0.333. The minimum absolute atomic E-state index is 0.876. The van der Waals surface area contributed by atoms with Gasteiger partial charge in [-0.05, 0) is 19.1 Å². The van der Waals surface area contributed by atoms with Crippen LogP contribution in [0.4, 0.5) is 5.69 Å². The Kier molecular flexibility index (Phi) is 3.53. The standard InChI is InChI=1S/C12H16N4/c1-2-16-12(14-10-15-16)8-9-13-11-6-4-3-5-7-11/h3-7,10,13H,2,8-9H2,1H3. The number of anilines is 1. The summed E-state index contributed by atoms with van der Waals surface area (Å²) in [4.78, 5) is 4.23. The van der Waals surface area contributed by atoms with Crippen LogP contribution in [0.5, 0.6) is 0 Å². The van der Waals surface area contributed by atoms with E-state index >= 15 is 0 Å². The quantitative estimate of drug-likeness (QED) is 0.830. The molecule has 0 spiro atoms. The molecule has 1 aromatic heterocycles. The molecule has 16 heavy (non-hydrogen) atoms. The van der Waals surface area contributed by atoms with E-state index in [0.717, 1.165) is 31.0 Å². The average molecular weight is 216 g/mol. The van der Waals surface area contributed by atoms with Crippen molar-refractivity contribution < 1.29 is 0 Å². The van der Waals surface area contributed by atoms with E-state index in [1.165, 1.54) is 0 Å². The molecule has 0 saturated heterocycles. The number of hydrogen-bond acceptors (Lipinski definition) is 3. The van der Waals surface area contributed by atoms with E-state index < -0.39 is 0 Å². The SMILES string of the molecule is CCn1ncnc1CCNc1ccccc1. The molecule has 0 fully saturated rings. The van der Waals surface area contributed by atoms with Crippen LogP contribution in [0.3, 0.4) is 0 Å². The lowest BCUT2D eigenvalue weighted by Crippen LogP contribution is -2.10. The fourth-order valence-electron chi connectivity index (χ4n) is 1.62. The zero-order valence-electron chi connectivity index (χ0n) is 9.43. The highest BCUT2D eigenvalue weighted by atomic mass is 15.3. The van der Waals surface area contributed by atoms with Crippen LogP contribution in [-0.4, -0.2) is 21.3 Å². The first-order valence-electron chi connectivity index (χ1n) is 5.55. The third-order valence-corrected chi connectivity index (χ3v) is 2.45. The minimum atomic E-state index is 0.876. The average Bonchev–Trinajstić information content (AvgIpc) is 2.78. The molecule has 0 unspecified atom stereocenters. The zero-order chi connectivity index (χ0) is 11.2. The zero-order valence-corrected chi connectivity index (χ0v) is 9.43. The molecule has 0 amide bonds. The van der Waals surface area contributed by atoms with E-state index in [1.54, 1.807) is 6.33 Å². The van der Waals surface area contributed by atoms with E-state index in [0.29, 0.717) is 0 Å². The molecule has 2 rings (SSSR count). The second kappa shape index (κ2) is 5.30. The van der Waals surface area contributed by atoms with Gasteiger partial charge in [-0.15, -0.1) is 0 Å². The first-order chi connectivity index (χ1) is 7.90. The maximum absolute atomic E-state index is 4.23. The van der Waals surface area contributed by atoms with Gasteiger partial charge in [-0.25, -0.2) is 4.98 Å². The van der Waals surface area contributed by atoms with Crippen molar-refractivity contribution in [2.24, 2.45) is 0 Å². The van der Waals surface area contributed by atoms with Crippen molar-refractivity contribution in [2.75, 3.05) is 11.9 Å². The summed E-state index contributed by atoms with van der Waals surface area (Å²) in [5, 5.41) is 7.49. The molecule has 0 radical (unpaired) electrons. The van der Waals surface area contributed by atoms with Gasteiger partial charge in [-0.2, -0.15) is 5.10 Å². The number of nitrogens with one attached hydrogen (secondary N) is 1. The van der Waals surface area contributed by atoms with Gasteiger partial charge in [-0.3, -0.25) is 4.68 Å². The van der Waals surface area contributed by atoms with Gasteiger partial charge in [0, 0.05) is 25.2 Å². The van der Waals surface area contributed by atoms with Crippen molar-refractivity contribution in [3.63, 3.8) is 0 Å². The monoisotopic (exact) mass is 216 g/mol. The number of benzene rings is 1. The van der Waals surface area contributed by atoms with E-state index in [2.05, 4.69) is 34.5 Å². The summed E-state index contributed by atoms with van der Waals surface area (Å²) >= 11 is 0. The molecule has 0 aliphatic heterocycles. The molecule has 4 nitrogen and oxygen atoms in total. The van der Waals surface area contributed by atoms with Crippen LogP contribution in [0.1, 0.15) is 12.7 Å². The van der Waals surface area contributed by atoms with Gasteiger partial charge in [-0.1, -0.05) is 18.2 Å². The molecular formula is C12H16N4. The largest absolute Gasteiger partial charge is 0.385 e. The highest BCUT2D eigenvalue weighted by molar-refractivity contribution is 5.42. The summed E-state index contributed by atoms with van der Waals surface area (Å²) in [7, 11) is 0. The summed E-state index contributed by atoms with van der Waals surface area (Å²) in [5.74, 6) is 1.03. The Morgan fingerprint density at radius 1 is 1.25 bits per heavy atom. The smallest absolute Gasteiger partial charge is 0.138 e. The number of hydrogen-bond donors (Lipinski definition) is 1. The molecule has 4 heteroatoms. The molecule has 0 aliphatic carbocycles. The van der Waals surface area contributed by atoms with Crippen LogP contribution in [0, 0.1) is 0 Å². The normalized spacial score (nSPS) is 10.3. The van der Waals surface area contributed by atoms with Gasteiger partial charge in [0.25, 0.3) is 0 Å². The summed E-state index contributed by atoms with van der Waals surface area (Å²) < 4.78 is 1.92. The Bertz CT molecular complexity index is 422. The van der Waals surface area contributed by atoms with Crippen molar-refractivity contribution in [2.45, 2.75) is 19.9 Å². The molecule has 84 valence electrons. The van der Waals surface area contributed by atoms with Crippen LogP contribution < -0.4 is 5.32 Å². The molecule has 1 heterocycles. The first kappa shape index (κ1) is 10.7. The molecule has 2 aromatic rings. The van der Waals surface area contributed by atoms with Gasteiger partial charge in [0.2, 0.25) is 0 Å². The van der Waals surface area contributed by atoms with Crippen molar-refractivity contribution in [3.8, 4) is 0 Å². The fourth-order valence-corrected chi connectivity index (χ4v) is 1.62. The lowest BCUT2D eigenvalue weighted by atomic mass is 10.3. The van der Waals surface area contributed by atoms with E-state index in [1.807, 2.05) is 22.9 Å². The van der Waals surface area contributed by atoms with Crippen molar-refractivity contribution in [3.05, 3.63) is 42.5 Å². The van der Waals surface area contributed by atoms with Crippen molar-refractivity contribution >= 4 is 5.69 Å². The number of nitrogens with zero attached hydrogens (tertiary/aromatic N) is 3. The molecule has 0 aliphatic rings. The highest BCUT2D eigenvalue weighted by Gasteiger charge is 2.01. The molecule has 1 N–H and O–H groups in total. The Hall–Kier alpha value is -1.84. The number of aromatic nitrogens is 3. The Labute approximate surface area is 95.3 Å². The Morgan fingerprint density at radius 3 is 2.81 bits per heavy atom. The number of rotatable bonds is 5. The third kappa shape index (κ3) is 2.59. The van der Waals surface area contributed by atoms with Gasteiger partial charge in [0.15, 0.2) is 0 Å². The highest BCUT2D eigenvalue weighted by Crippen LogP contribution is 2.05. The van der Waals surface area contributed by atoms with Gasteiger partial charge < -0.3 is 5.32 Å². The summed E-state index contributed by atoms with van der Waals surface area (Å²) in [5.41, 5.74) is 1.14. The molecular weight excluding hydrogens is 200 g/mol. The molecule has 1 aromatic carbocycles. The van der Waals surface area contributed by atoms with E-state index in [4.69, 9.17) is 0 Å². The predicted octanol–water partition coefficient (Wildman–Crippen LogP) is 1.95. The molecule has 0 saturated carbocycles. The molecule has 0 bridgehead atoms. The summed E-state index contributed by atoms with van der Waals surface area (Å²) in [6.45, 7) is 3.83. The lowest BCUT2D eigenvalue weighted by Gasteiger charge is -2.06. The topological polar surface area (TPSA) is 42.7 Å². The second-order valence-electron chi connectivity index (χ2n) is 3.53. The van der Waals surface area contributed by atoms with Gasteiger partial charge in [0.05, 0.1) is 0 Å². The van der Waals surface area contributed by atoms with E-state index in [9.17, 15) is 0 Å². The summed E-state index contributed by atoms with van der Waals surface area (Å²) in [6, 6.07) is 10.2. The van der Waals surface area contributed by atoms with Crippen LogP contribution in [0.2, 0.25) is 0 Å². The van der Waals surface area contributed by atoms with Crippen LogP contribution in [0.25, 0.3) is 0 Å². The van der Waals surface area contributed by atoms with Gasteiger partial charge in [0.1, 0.15) is 12.2 Å². The predicted molar refractivity (Wildman–Crippen MR) is 64.3 cm³/mol. The lowest BCUT2D eigenvalue weighted by molar-refractivity contribution is 0.616.